The molecule has 2 aromatic heterocycles. The molecule has 0 aliphatic rings. The SMILES string of the molecule is CNc1cc(CC(C)C)nc(Cc2ccccn2)n1. The van der Waals surface area contributed by atoms with Crippen molar-refractivity contribution in [2.24, 2.45) is 5.92 Å². The van der Waals surface area contributed by atoms with Gasteiger partial charge in [0, 0.05) is 30.7 Å². The van der Waals surface area contributed by atoms with E-state index < -0.39 is 0 Å². The summed E-state index contributed by atoms with van der Waals surface area (Å²) in [7, 11) is 1.88. The lowest BCUT2D eigenvalue weighted by Gasteiger charge is -2.09. The van der Waals surface area contributed by atoms with Crippen LogP contribution in [-0.2, 0) is 12.8 Å². The second-order valence-corrected chi connectivity index (χ2v) is 5.01. The van der Waals surface area contributed by atoms with Gasteiger partial charge in [-0.1, -0.05) is 19.9 Å². The van der Waals surface area contributed by atoms with Crippen molar-refractivity contribution in [1.82, 2.24) is 15.0 Å². The summed E-state index contributed by atoms with van der Waals surface area (Å²) in [5, 5.41) is 3.10. The molecule has 0 bridgehead atoms. The summed E-state index contributed by atoms with van der Waals surface area (Å²) >= 11 is 0. The highest BCUT2D eigenvalue weighted by molar-refractivity contribution is 5.35. The number of nitrogens with zero attached hydrogens (tertiary/aromatic N) is 3. The largest absolute Gasteiger partial charge is 0.373 e. The maximum atomic E-state index is 4.63. The van der Waals surface area contributed by atoms with Gasteiger partial charge in [-0.2, -0.15) is 0 Å². The Morgan fingerprint density at radius 3 is 2.63 bits per heavy atom. The maximum absolute atomic E-state index is 4.63. The van der Waals surface area contributed by atoms with Gasteiger partial charge in [-0.15, -0.1) is 0 Å². The van der Waals surface area contributed by atoms with E-state index in [-0.39, 0.29) is 0 Å². The van der Waals surface area contributed by atoms with E-state index in [9.17, 15) is 0 Å². The summed E-state index contributed by atoms with van der Waals surface area (Å²) in [6.07, 6.45) is 3.43. The third-order valence-corrected chi connectivity index (χ3v) is 2.76. The van der Waals surface area contributed by atoms with E-state index in [0.717, 1.165) is 29.5 Å². The van der Waals surface area contributed by atoms with Crippen LogP contribution in [0.15, 0.2) is 30.5 Å². The number of nitrogens with one attached hydrogen (secondary N) is 1. The van der Waals surface area contributed by atoms with Crippen LogP contribution in [0.2, 0.25) is 0 Å². The van der Waals surface area contributed by atoms with Crippen LogP contribution < -0.4 is 5.32 Å². The molecule has 100 valence electrons. The predicted molar refractivity (Wildman–Crippen MR) is 77.2 cm³/mol. The van der Waals surface area contributed by atoms with Crippen LogP contribution in [0.25, 0.3) is 0 Å². The molecule has 1 N–H and O–H groups in total. The monoisotopic (exact) mass is 256 g/mol. The molecular formula is C15H20N4. The van der Waals surface area contributed by atoms with E-state index in [1.807, 2.05) is 31.3 Å². The number of hydrogen-bond acceptors (Lipinski definition) is 4. The normalized spacial score (nSPS) is 10.7. The van der Waals surface area contributed by atoms with Gasteiger partial charge in [-0.25, -0.2) is 9.97 Å². The second-order valence-electron chi connectivity index (χ2n) is 5.01. The smallest absolute Gasteiger partial charge is 0.136 e. The zero-order valence-corrected chi connectivity index (χ0v) is 11.7. The summed E-state index contributed by atoms with van der Waals surface area (Å²) in [5.74, 6) is 2.28. The molecule has 0 fully saturated rings. The number of anilines is 1. The van der Waals surface area contributed by atoms with Gasteiger partial charge in [-0.3, -0.25) is 4.98 Å². The summed E-state index contributed by atoms with van der Waals surface area (Å²) in [6.45, 7) is 4.39. The van der Waals surface area contributed by atoms with Gasteiger partial charge in [0.25, 0.3) is 0 Å². The van der Waals surface area contributed by atoms with Gasteiger partial charge in [-0.05, 0) is 24.5 Å². The molecule has 0 unspecified atom stereocenters. The summed E-state index contributed by atoms with van der Waals surface area (Å²) < 4.78 is 0. The van der Waals surface area contributed by atoms with Gasteiger partial charge in [0.2, 0.25) is 0 Å². The van der Waals surface area contributed by atoms with Crippen molar-refractivity contribution in [2.45, 2.75) is 26.7 Å². The van der Waals surface area contributed by atoms with Crippen LogP contribution in [0, 0.1) is 5.92 Å². The highest BCUT2D eigenvalue weighted by Gasteiger charge is 2.07. The van der Waals surface area contributed by atoms with Crippen molar-refractivity contribution < 1.29 is 0 Å². The molecule has 0 aromatic carbocycles. The van der Waals surface area contributed by atoms with Crippen LogP contribution >= 0.6 is 0 Å². The van der Waals surface area contributed by atoms with E-state index in [0.29, 0.717) is 12.3 Å². The predicted octanol–water partition coefficient (Wildman–Crippen LogP) is 2.70. The highest BCUT2D eigenvalue weighted by atomic mass is 15.0. The Morgan fingerprint density at radius 1 is 1.16 bits per heavy atom. The topological polar surface area (TPSA) is 50.7 Å². The van der Waals surface area contributed by atoms with Gasteiger partial charge in [0.1, 0.15) is 11.6 Å². The van der Waals surface area contributed by atoms with E-state index in [1.165, 1.54) is 0 Å². The fourth-order valence-corrected chi connectivity index (χ4v) is 1.95. The molecular weight excluding hydrogens is 236 g/mol. The fourth-order valence-electron chi connectivity index (χ4n) is 1.95. The standard InChI is InChI=1S/C15H20N4/c1-11(2)8-13-10-14(16-3)19-15(18-13)9-12-6-4-5-7-17-12/h4-7,10-11H,8-9H2,1-3H3,(H,16,18,19). The van der Waals surface area contributed by atoms with E-state index in [4.69, 9.17) is 0 Å². The quantitative estimate of drug-likeness (QED) is 0.893. The van der Waals surface area contributed by atoms with Crippen LogP contribution in [0.5, 0.6) is 0 Å². The Balaban J connectivity index is 2.24. The van der Waals surface area contributed by atoms with Crippen LogP contribution in [0.3, 0.4) is 0 Å². The third kappa shape index (κ3) is 4.02. The average molecular weight is 256 g/mol. The van der Waals surface area contributed by atoms with Crippen molar-refractivity contribution in [3.8, 4) is 0 Å². The molecule has 19 heavy (non-hydrogen) atoms. The average Bonchev–Trinajstić information content (AvgIpc) is 2.38. The fraction of sp³-hybridized carbons (Fsp3) is 0.400. The summed E-state index contributed by atoms with van der Waals surface area (Å²) in [5.41, 5.74) is 2.08. The number of rotatable bonds is 5. The summed E-state index contributed by atoms with van der Waals surface area (Å²) in [6, 6.07) is 7.91. The Morgan fingerprint density at radius 2 is 2.00 bits per heavy atom. The van der Waals surface area contributed by atoms with Crippen molar-refractivity contribution >= 4 is 5.82 Å². The van der Waals surface area contributed by atoms with Gasteiger partial charge in [0.05, 0.1) is 6.42 Å². The molecule has 0 spiro atoms. The first kappa shape index (κ1) is 13.5. The lowest BCUT2D eigenvalue weighted by atomic mass is 10.1. The van der Waals surface area contributed by atoms with Crippen molar-refractivity contribution in [3.05, 3.63) is 47.7 Å². The third-order valence-electron chi connectivity index (χ3n) is 2.76. The molecule has 4 heteroatoms. The zero-order chi connectivity index (χ0) is 13.7. The molecule has 0 saturated carbocycles. The lowest BCUT2D eigenvalue weighted by molar-refractivity contribution is 0.631. The van der Waals surface area contributed by atoms with E-state index >= 15 is 0 Å². The van der Waals surface area contributed by atoms with Crippen LogP contribution in [-0.4, -0.2) is 22.0 Å². The molecule has 2 heterocycles. The Bertz CT molecular complexity index is 523. The first-order chi connectivity index (χ1) is 9.17. The van der Waals surface area contributed by atoms with Crippen molar-refractivity contribution in [3.63, 3.8) is 0 Å². The van der Waals surface area contributed by atoms with Crippen LogP contribution in [0.1, 0.15) is 31.1 Å². The Kier molecular flexibility index (Phi) is 4.44. The molecule has 0 aliphatic carbocycles. The van der Waals surface area contributed by atoms with Crippen molar-refractivity contribution in [1.29, 1.82) is 0 Å². The molecule has 0 radical (unpaired) electrons. The van der Waals surface area contributed by atoms with Crippen LogP contribution in [0.4, 0.5) is 5.82 Å². The minimum atomic E-state index is 0.585. The lowest BCUT2D eigenvalue weighted by Crippen LogP contribution is -2.07. The minimum Gasteiger partial charge on any atom is -0.373 e. The summed E-state index contributed by atoms with van der Waals surface area (Å²) in [4.78, 5) is 13.4. The number of hydrogen-bond donors (Lipinski definition) is 1. The Hall–Kier alpha value is -1.97. The highest BCUT2D eigenvalue weighted by Crippen LogP contribution is 2.12. The van der Waals surface area contributed by atoms with Crippen molar-refractivity contribution in [2.75, 3.05) is 12.4 Å². The molecule has 2 aromatic rings. The van der Waals surface area contributed by atoms with Gasteiger partial charge >= 0.3 is 0 Å². The first-order valence-electron chi connectivity index (χ1n) is 6.62. The molecule has 4 nitrogen and oxygen atoms in total. The number of aromatic nitrogens is 3. The Labute approximate surface area is 114 Å². The molecule has 0 atom stereocenters. The van der Waals surface area contributed by atoms with E-state index in [1.54, 1.807) is 6.20 Å². The first-order valence-corrected chi connectivity index (χ1v) is 6.62. The second kappa shape index (κ2) is 6.27. The minimum absolute atomic E-state index is 0.585. The molecule has 0 saturated heterocycles. The van der Waals surface area contributed by atoms with Gasteiger partial charge < -0.3 is 5.32 Å². The molecule has 0 amide bonds. The molecule has 2 rings (SSSR count). The van der Waals surface area contributed by atoms with Gasteiger partial charge in [0.15, 0.2) is 0 Å². The molecule has 0 aliphatic heterocycles. The van der Waals surface area contributed by atoms with E-state index in [2.05, 4.69) is 34.1 Å². The number of pyridine rings is 1. The maximum Gasteiger partial charge on any atom is 0.136 e. The zero-order valence-electron chi connectivity index (χ0n) is 11.7.